The van der Waals surface area contributed by atoms with Gasteiger partial charge in [-0.3, -0.25) is 4.79 Å². The molecular formula is C16H15ClN2O3. The van der Waals surface area contributed by atoms with Gasteiger partial charge in [-0.05, 0) is 35.9 Å². The Morgan fingerprint density at radius 3 is 2.55 bits per heavy atom. The molecule has 0 aliphatic carbocycles. The number of hydrogen-bond acceptors (Lipinski definition) is 4. The van der Waals surface area contributed by atoms with Crippen LogP contribution >= 0.6 is 11.6 Å². The standard InChI is InChI=1S/C16H15ClN2O3/c1-21-14-8-7-11(9-15(14)22-2)10-18-19-16(20)12-5-3-4-6-13(12)17/h3-10H,1-2H3,(H,19,20)/b18-10+. The second kappa shape index (κ2) is 7.47. The molecule has 0 radical (unpaired) electrons. The Labute approximate surface area is 133 Å². The van der Waals surface area contributed by atoms with Gasteiger partial charge in [0.05, 0.1) is 31.0 Å². The molecule has 2 aromatic carbocycles. The van der Waals surface area contributed by atoms with Crippen molar-refractivity contribution >= 4 is 23.7 Å². The fraction of sp³-hybridized carbons (Fsp3) is 0.125. The van der Waals surface area contributed by atoms with E-state index in [1.54, 1.807) is 56.7 Å². The van der Waals surface area contributed by atoms with E-state index in [1.807, 2.05) is 0 Å². The first-order valence-corrected chi connectivity index (χ1v) is 6.83. The molecular weight excluding hydrogens is 304 g/mol. The van der Waals surface area contributed by atoms with Crippen LogP contribution in [0.15, 0.2) is 47.6 Å². The van der Waals surface area contributed by atoms with Gasteiger partial charge in [0.15, 0.2) is 11.5 Å². The van der Waals surface area contributed by atoms with Gasteiger partial charge in [0.1, 0.15) is 0 Å². The molecule has 2 aromatic rings. The molecule has 0 heterocycles. The minimum absolute atomic E-state index is 0.369. The minimum Gasteiger partial charge on any atom is -0.493 e. The zero-order valence-corrected chi connectivity index (χ0v) is 12.9. The third-order valence-electron chi connectivity index (χ3n) is 2.91. The van der Waals surface area contributed by atoms with Crippen molar-refractivity contribution in [2.75, 3.05) is 14.2 Å². The van der Waals surface area contributed by atoms with E-state index in [9.17, 15) is 4.79 Å². The molecule has 6 heteroatoms. The molecule has 1 N–H and O–H groups in total. The predicted molar refractivity (Wildman–Crippen MR) is 86.1 cm³/mol. The molecule has 0 aliphatic rings. The fourth-order valence-electron chi connectivity index (χ4n) is 1.80. The number of nitrogens with zero attached hydrogens (tertiary/aromatic N) is 1. The van der Waals surface area contributed by atoms with E-state index in [2.05, 4.69) is 10.5 Å². The van der Waals surface area contributed by atoms with Crippen LogP contribution < -0.4 is 14.9 Å². The van der Waals surface area contributed by atoms with Crippen molar-refractivity contribution in [1.82, 2.24) is 5.43 Å². The van der Waals surface area contributed by atoms with Crippen LogP contribution in [0.2, 0.25) is 5.02 Å². The highest BCUT2D eigenvalue weighted by molar-refractivity contribution is 6.33. The molecule has 1 amide bonds. The van der Waals surface area contributed by atoms with Gasteiger partial charge in [0.2, 0.25) is 0 Å². The smallest absolute Gasteiger partial charge is 0.272 e. The topological polar surface area (TPSA) is 59.9 Å². The van der Waals surface area contributed by atoms with E-state index in [4.69, 9.17) is 21.1 Å². The first-order chi connectivity index (χ1) is 10.7. The molecule has 0 bridgehead atoms. The highest BCUT2D eigenvalue weighted by Crippen LogP contribution is 2.26. The van der Waals surface area contributed by atoms with Crippen molar-refractivity contribution in [2.45, 2.75) is 0 Å². The summed E-state index contributed by atoms with van der Waals surface area (Å²) in [5.74, 6) is 0.839. The van der Waals surface area contributed by atoms with Crippen molar-refractivity contribution in [3.05, 3.63) is 58.6 Å². The van der Waals surface area contributed by atoms with Crippen molar-refractivity contribution in [2.24, 2.45) is 5.10 Å². The maximum atomic E-state index is 11.9. The van der Waals surface area contributed by atoms with Crippen molar-refractivity contribution < 1.29 is 14.3 Å². The van der Waals surface area contributed by atoms with Gasteiger partial charge in [-0.2, -0.15) is 5.10 Å². The number of hydrazone groups is 1. The van der Waals surface area contributed by atoms with E-state index < -0.39 is 0 Å². The normalized spacial score (nSPS) is 10.5. The summed E-state index contributed by atoms with van der Waals surface area (Å²) in [6.45, 7) is 0. The number of methoxy groups -OCH3 is 2. The molecule has 0 aromatic heterocycles. The summed E-state index contributed by atoms with van der Waals surface area (Å²) in [5.41, 5.74) is 3.56. The van der Waals surface area contributed by atoms with Gasteiger partial charge in [0.25, 0.3) is 5.91 Å². The van der Waals surface area contributed by atoms with Crippen LogP contribution in [0.25, 0.3) is 0 Å². The summed E-state index contributed by atoms with van der Waals surface area (Å²) in [6, 6.07) is 12.1. The maximum Gasteiger partial charge on any atom is 0.272 e. The average molecular weight is 319 g/mol. The van der Waals surface area contributed by atoms with Gasteiger partial charge in [-0.1, -0.05) is 23.7 Å². The molecule has 0 spiro atoms. The lowest BCUT2D eigenvalue weighted by molar-refractivity contribution is 0.0955. The number of amides is 1. The number of halogens is 1. The van der Waals surface area contributed by atoms with Crippen molar-refractivity contribution in [1.29, 1.82) is 0 Å². The number of ether oxygens (including phenoxy) is 2. The Kier molecular flexibility index (Phi) is 5.38. The largest absolute Gasteiger partial charge is 0.493 e. The Hall–Kier alpha value is -2.53. The Balaban J connectivity index is 2.07. The van der Waals surface area contributed by atoms with E-state index >= 15 is 0 Å². The SMILES string of the molecule is COc1ccc(/C=N/NC(=O)c2ccccc2Cl)cc1OC. The number of rotatable bonds is 5. The van der Waals surface area contributed by atoms with Crippen LogP contribution in [0.5, 0.6) is 11.5 Å². The molecule has 0 fully saturated rings. The summed E-state index contributed by atoms with van der Waals surface area (Å²) < 4.78 is 10.3. The first kappa shape index (κ1) is 15.9. The molecule has 0 saturated heterocycles. The van der Waals surface area contributed by atoms with Crippen LogP contribution in [0.1, 0.15) is 15.9 Å². The van der Waals surface area contributed by atoms with Crippen LogP contribution in [0.4, 0.5) is 0 Å². The van der Waals surface area contributed by atoms with Crippen LogP contribution in [0, 0.1) is 0 Å². The Morgan fingerprint density at radius 2 is 1.86 bits per heavy atom. The molecule has 5 nitrogen and oxygen atoms in total. The van der Waals surface area contributed by atoms with Crippen molar-refractivity contribution in [3.8, 4) is 11.5 Å². The molecule has 22 heavy (non-hydrogen) atoms. The maximum absolute atomic E-state index is 11.9. The molecule has 0 aliphatic heterocycles. The van der Waals surface area contributed by atoms with E-state index in [0.717, 1.165) is 5.56 Å². The summed E-state index contributed by atoms with van der Waals surface area (Å²) in [6.07, 6.45) is 1.51. The monoisotopic (exact) mass is 318 g/mol. The predicted octanol–water partition coefficient (Wildman–Crippen LogP) is 3.12. The summed E-state index contributed by atoms with van der Waals surface area (Å²) >= 11 is 5.94. The highest BCUT2D eigenvalue weighted by Gasteiger charge is 2.08. The van der Waals surface area contributed by atoms with E-state index in [0.29, 0.717) is 22.1 Å². The third-order valence-corrected chi connectivity index (χ3v) is 3.24. The fourth-order valence-corrected chi connectivity index (χ4v) is 2.03. The zero-order chi connectivity index (χ0) is 15.9. The van der Waals surface area contributed by atoms with Gasteiger partial charge in [-0.15, -0.1) is 0 Å². The second-order valence-corrected chi connectivity index (χ2v) is 4.70. The van der Waals surface area contributed by atoms with Crippen LogP contribution in [-0.4, -0.2) is 26.3 Å². The van der Waals surface area contributed by atoms with Gasteiger partial charge in [-0.25, -0.2) is 5.43 Å². The van der Waals surface area contributed by atoms with Gasteiger partial charge in [0, 0.05) is 0 Å². The number of nitrogens with one attached hydrogen (secondary N) is 1. The average Bonchev–Trinajstić information content (AvgIpc) is 2.55. The summed E-state index contributed by atoms with van der Waals surface area (Å²) in [7, 11) is 3.12. The Morgan fingerprint density at radius 1 is 1.14 bits per heavy atom. The van der Waals surface area contributed by atoms with E-state index in [1.165, 1.54) is 6.21 Å². The minimum atomic E-state index is -0.373. The second-order valence-electron chi connectivity index (χ2n) is 4.29. The zero-order valence-electron chi connectivity index (χ0n) is 12.2. The molecule has 114 valence electrons. The van der Waals surface area contributed by atoms with Gasteiger partial charge >= 0.3 is 0 Å². The van der Waals surface area contributed by atoms with Gasteiger partial charge < -0.3 is 9.47 Å². The lowest BCUT2D eigenvalue weighted by atomic mass is 10.2. The summed E-state index contributed by atoms with van der Waals surface area (Å²) in [4.78, 5) is 11.9. The molecule has 0 atom stereocenters. The molecule has 0 unspecified atom stereocenters. The van der Waals surface area contributed by atoms with Crippen LogP contribution in [0.3, 0.4) is 0 Å². The number of carbonyl (C=O) groups excluding carboxylic acids is 1. The quantitative estimate of drug-likeness (QED) is 0.680. The van der Waals surface area contributed by atoms with E-state index in [-0.39, 0.29) is 5.91 Å². The molecule has 0 saturated carbocycles. The third kappa shape index (κ3) is 3.77. The number of carbonyl (C=O) groups is 1. The van der Waals surface area contributed by atoms with Crippen LogP contribution in [-0.2, 0) is 0 Å². The number of benzene rings is 2. The van der Waals surface area contributed by atoms with Crippen molar-refractivity contribution in [3.63, 3.8) is 0 Å². The molecule has 2 rings (SSSR count). The number of hydrogen-bond donors (Lipinski definition) is 1. The lowest BCUT2D eigenvalue weighted by Crippen LogP contribution is -2.17. The summed E-state index contributed by atoms with van der Waals surface area (Å²) in [5, 5.41) is 4.29. The lowest BCUT2D eigenvalue weighted by Gasteiger charge is -2.07. The Bertz CT molecular complexity index is 702. The highest BCUT2D eigenvalue weighted by atomic mass is 35.5. The first-order valence-electron chi connectivity index (χ1n) is 6.45.